The lowest BCUT2D eigenvalue weighted by atomic mass is 10.4. The fourth-order valence-electron chi connectivity index (χ4n) is 0.337. The summed E-state index contributed by atoms with van der Waals surface area (Å²) >= 11 is 3.65. The summed E-state index contributed by atoms with van der Waals surface area (Å²) in [4.78, 5) is 21.1. The summed E-state index contributed by atoms with van der Waals surface area (Å²) in [6.07, 6.45) is -1.65. The molecule has 0 aromatic heterocycles. The van der Waals surface area contributed by atoms with Crippen LogP contribution in [-0.2, 0) is 14.3 Å². The molecule has 5 nitrogen and oxygen atoms in total. The van der Waals surface area contributed by atoms with E-state index in [1.165, 1.54) is 0 Å². The Hall–Kier alpha value is -0.240. The minimum Gasteiger partial charge on any atom is -0.393 e. The van der Waals surface area contributed by atoms with Gasteiger partial charge in [0.1, 0.15) is 5.75 Å². The first-order valence-electron chi connectivity index (χ1n) is 2.91. The minimum absolute atomic E-state index is 0.0903. The van der Waals surface area contributed by atoms with E-state index in [4.69, 9.17) is 10.2 Å². The molecular formula is C5H8O5S2. The molecule has 0 heterocycles. The summed E-state index contributed by atoms with van der Waals surface area (Å²) in [5.41, 5.74) is 0. The van der Waals surface area contributed by atoms with Gasteiger partial charge in [-0.05, 0) is 0 Å². The van der Waals surface area contributed by atoms with Crippen molar-refractivity contribution in [2.75, 3.05) is 12.4 Å². The normalized spacial score (nSPS) is 12.2. The van der Waals surface area contributed by atoms with E-state index in [-0.39, 0.29) is 5.75 Å². The number of carbonyl (C=O) groups is 2. The van der Waals surface area contributed by atoms with Crippen LogP contribution in [0.3, 0.4) is 0 Å². The van der Waals surface area contributed by atoms with Gasteiger partial charge in [0, 0.05) is 0 Å². The van der Waals surface area contributed by atoms with Crippen molar-refractivity contribution in [3.63, 3.8) is 0 Å². The van der Waals surface area contributed by atoms with Crippen molar-refractivity contribution in [3.8, 4) is 0 Å². The first-order chi connectivity index (χ1) is 5.61. The maximum Gasteiger partial charge on any atom is 0.345 e. The molecule has 0 aliphatic heterocycles. The second-order valence-electron chi connectivity index (χ2n) is 1.76. The van der Waals surface area contributed by atoms with E-state index in [1.54, 1.807) is 0 Å². The molecule has 0 saturated carbocycles. The first-order valence-corrected chi connectivity index (χ1v) is 4.95. The Bertz CT molecular complexity index is 171. The maximum atomic E-state index is 10.6. The summed E-state index contributed by atoms with van der Waals surface area (Å²) in [7, 11) is 0.895. The Labute approximate surface area is 77.9 Å². The van der Waals surface area contributed by atoms with Crippen LogP contribution in [0.5, 0.6) is 0 Å². The third-order valence-electron chi connectivity index (χ3n) is 0.842. The molecule has 0 aromatic carbocycles. The molecule has 0 aliphatic rings. The SMILES string of the molecule is O=C(CSS)OC(=O)C(O)CO. The lowest BCUT2D eigenvalue weighted by molar-refractivity contribution is -0.165. The van der Waals surface area contributed by atoms with Gasteiger partial charge in [-0.2, -0.15) is 0 Å². The van der Waals surface area contributed by atoms with Crippen LogP contribution in [0.15, 0.2) is 0 Å². The molecule has 0 rings (SSSR count). The Balaban J connectivity index is 3.76. The lowest BCUT2D eigenvalue weighted by Gasteiger charge is -2.04. The van der Waals surface area contributed by atoms with Crippen LogP contribution in [0.4, 0.5) is 0 Å². The van der Waals surface area contributed by atoms with E-state index in [2.05, 4.69) is 16.4 Å². The number of aliphatic hydroxyl groups excluding tert-OH is 2. The number of ether oxygens (including phenoxy) is 1. The summed E-state index contributed by atoms with van der Waals surface area (Å²) < 4.78 is 4.09. The van der Waals surface area contributed by atoms with Crippen LogP contribution in [-0.4, -0.2) is 40.6 Å². The smallest absolute Gasteiger partial charge is 0.345 e. The van der Waals surface area contributed by atoms with Crippen LogP contribution in [0.25, 0.3) is 0 Å². The van der Waals surface area contributed by atoms with Gasteiger partial charge < -0.3 is 14.9 Å². The number of thiol groups is 1. The highest BCUT2D eigenvalue weighted by Gasteiger charge is 2.18. The molecule has 0 saturated heterocycles. The molecule has 0 radical (unpaired) electrons. The maximum absolute atomic E-state index is 10.6. The number of aliphatic hydroxyl groups is 2. The van der Waals surface area contributed by atoms with Crippen molar-refractivity contribution in [1.82, 2.24) is 0 Å². The van der Waals surface area contributed by atoms with Crippen LogP contribution in [0, 0.1) is 0 Å². The Morgan fingerprint density at radius 3 is 2.58 bits per heavy atom. The van der Waals surface area contributed by atoms with E-state index in [1.807, 2.05) is 0 Å². The highest BCUT2D eigenvalue weighted by Crippen LogP contribution is 2.04. The standard InChI is InChI=1S/C5H8O5S2/c6-1-3(7)5(9)10-4(8)2-12-11/h3,6-7,11H,1-2H2. The number of carbonyl (C=O) groups excluding carboxylic acids is 2. The predicted molar refractivity (Wildman–Crippen MR) is 45.6 cm³/mol. The molecule has 0 spiro atoms. The third-order valence-corrected chi connectivity index (χ3v) is 1.59. The van der Waals surface area contributed by atoms with Crippen molar-refractivity contribution in [2.24, 2.45) is 0 Å². The highest BCUT2D eigenvalue weighted by molar-refractivity contribution is 8.68. The largest absolute Gasteiger partial charge is 0.393 e. The van der Waals surface area contributed by atoms with Gasteiger partial charge in [-0.1, -0.05) is 10.8 Å². The number of esters is 2. The minimum atomic E-state index is -1.65. The van der Waals surface area contributed by atoms with Crippen LogP contribution in [0.2, 0.25) is 0 Å². The van der Waals surface area contributed by atoms with E-state index < -0.39 is 24.6 Å². The summed E-state index contributed by atoms with van der Waals surface area (Å²) in [6.45, 7) is -0.764. The zero-order valence-corrected chi connectivity index (χ0v) is 7.68. The molecule has 0 amide bonds. The fourth-order valence-corrected chi connectivity index (χ4v) is 0.817. The zero-order chi connectivity index (χ0) is 9.56. The van der Waals surface area contributed by atoms with Gasteiger partial charge >= 0.3 is 11.9 Å². The van der Waals surface area contributed by atoms with E-state index in [0.29, 0.717) is 0 Å². The van der Waals surface area contributed by atoms with Gasteiger partial charge in [0.15, 0.2) is 6.10 Å². The Kier molecular flexibility index (Phi) is 6.17. The molecule has 1 unspecified atom stereocenters. The average molecular weight is 212 g/mol. The number of rotatable bonds is 4. The topological polar surface area (TPSA) is 83.8 Å². The molecule has 0 bridgehead atoms. The van der Waals surface area contributed by atoms with Crippen LogP contribution >= 0.6 is 22.5 Å². The van der Waals surface area contributed by atoms with E-state index in [9.17, 15) is 9.59 Å². The van der Waals surface area contributed by atoms with Gasteiger partial charge in [-0.15, -0.1) is 11.7 Å². The van der Waals surface area contributed by atoms with E-state index in [0.717, 1.165) is 10.8 Å². The Morgan fingerprint density at radius 2 is 2.17 bits per heavy atom. The summed E-state index contributed by atoms with van der Waals surface area (Å²) in [5, 5.41) is 16.9. The molecule has 0 aromatic rings. The second kappa shape index (κ2) is 6.30. The molecule has 1 atom stereocenters. The van der Waals surface area contributed by atoms with Gasteiger partial charge in [0.2, 0.25) is 0 Å². The highest BCUT2D eigenvalue weighted by atomic mass is 33.1. The predicted octanol–water partition coefficient (Wildman–Crippen LogP) is -1.01. The molecule has 12 heavy (non-hydrogen) atoms. The molecule has 0 aliphatic carbocycles. The zero-order valence-electron chi connectivity index (χ0n) is 5.97. The van der Waals surface area contributed by atoms with Gasteiger partial charge in [-0.3, -0.25) is 4.79 Å². The summed E-state index contributed by atoms with van der Waals surface area (Å²) in [6, 6.07) is 0. The third kappa shape index (κ3) is 4.60. The molecule has 2 N–H and O–H groups in total. The van der Waals surface area contributed by atoms with Crippen LogP contribution < -0.4 is 0 Å². The monoisotopic (exact) mass is 212 g/mol. The van der Waals surface area contributed by atoms with Crippen molar-refractivity contribution >= 4 is 34.4 Å². The molecule has 70 valence electrons. The second-order valence-corrected chi connectivity index (χ2v) is 3.09. The lowest BCUT2D eigenvalue weighted by Crippen LogP contribution is -2.29. The Morgan fingerprint density at radius 1 is 1.58 bits per heavy atom. The number of hydrogen-bond acceptors (Lipinski definition) is 7. The van der Waals surface area contributed by atoms with Crippen LogP contribution in [0.1, 0.15) is 0 Å². The van der Waals surface area contributed by atoms with Gasteiger partial charge in [-0.25, -0.2) is 4.79 Å². The first kappa shape index (κ1) is 11.8. The summed E-state index contributed by atoms with van der Waals surface area (Å²) in [5.74, 6) is -2.04. The molecular weight excluding hydrogens is 204 g/mol. The fraction of sp³-hybridized carbons (Fsp3) is 0.600. The quantitative estimate of drug-likeness (QED) is 0.240. The van der Waals surface area contributed by atoms with Crippen molar-refractivity contribution in [1.29, 1.82) is 0 Å². The average Bonchev–Trinajstić information content (AvgIpc) is 2.03. The van der Waals surface area contributed by atoms with Crippen molar-refractivity contribution < 1.29 is 24.5 Å². The molecule has 7 heteroatoms. The molecule has 0 fully saturated rings. The van der Waals surface area contributed by atoms with E-state index >= 15 is 0 Å². The van der Waals surface area contributed by atoms with Gasteiger partial charge in [0.25, 0.3) is 0 Å². The van der Waals surface area contributed by atoms with Crippen molar-refractivity contribution in [2.45, 2.75) is 6.10 Å². The van der Waals surface area contributed by atoms with Gasteiger partial charge in [0.05, 0.1) is 6.61 Å². The van der Waals surface area contributed by atoms with Crippen molar-refractivity contribution in [3.05, 3.63) is 0 Å². The number of hydrogen-bond donors (Lipinski definition) is 3.